The second-order valence-corrected chi connectivity index (χ2v) is 3.44. The van der Waals surface area contributed by atoms with Crippen molar-refractivity contribution in [1.82, 2.24) is 0 Å². The highest BCUT2D eigenvalue weighted by Crippen LogP contribution is 2.27. The van der Waals surface area contributed by atoms with Crippen LogP contribution in [0.25, 0.3) is 6.08 Å². The molecule has 0 spiro atoms. The summed E-state index contributed by atoms with van der Waals surface area (Å²) in [6, 6.07) is 5.63. The van der Waals surface area contributed by atoms with Crippen molar-refractivity contribution in [3.8, 4) is 11.5 Å². The number of ketones is 1. The summed E-state index contributed by atoms with van der Waals surface area (Å²) in [4.78, 5) is 10.7. The largest absolute Gasteiger partial charge is 0.493 e. The third-order valence-corrected chi connectivity index (χ3v) is 2.14. The molecule has 1 rings (SSSR count). The summed E-state index contributed by atoms with van der Waals surface area (Å²) in [5.74, 6) is 1.41. The molecule has 0 heterocycles. The molecule has 3 nitrogen and oxygen atoms in total. The highest BCUT2D eigenvalue weighted by atomic mass is 16.5. The highest BCUT2D eigenvalue weighted by Gasteiger charge is 2.01. The number of allylic oxidation sites excluding steroid dienone is 3. The zero-order valence-corrected chi connectivity index (χ0v) is 10.3. The number of hydrogen-bond acceptors (Lipinski definition) is 3. The lowest BCUT2D eigenvalue weighted by molar-refractivity contribution is -0.112. The fourth-order valence-corrected chi connectivity index (χ4v) is 1.31. The van der Waals surface area contributed by atoms with E-state index in [9.17, 15) is 4.79 Å². The van der Waals surface area contributed by atoms with Gasteiger partial charge in [0.2, 0.25) is 0 Å². The molecule has 17 heavy (non-hydrogen) atoms. The van der Waals surface area contributed by atoms with Gasteiger partial charge in [-0.3, -0.25) is 4.79 Å². The van der Waals surface area contributed by atoms with Gasteiger partial charge in [-0.25, -0.2) is 0 Å². The summed E-state index contributed by atoms with van der Waals surface area (Å²) >= 11 is 0. The quantitative estimate of drug-likeness (QED) is 0.578. The van der Waals surface area contributed by atoms with Crippen molar-refractivity contribution >= 4 is 11.9 Å². The molecule has 0 aliphatic heterocycles. The van der Waals surface area contributed by atoms with E-state index in [0.717, 1.165) is 5.56 Å². The monoisotopic (exact) mass is 232 g/mol. The second-order valence-electron chi connectivity index (χ2n) is 3.44. The molecular weight excluding hydrogens is 216 g/mol. The van der Waals surface area contributed by atoms with E-state index < -0.39 is 0 Å². The lowest BCUT2D eigenvalue weighted by Gasteiger charge is -2.07. The van der Waals surface area contributed by atoms with Crippen LogP contribution in [0.15, 0.2) is 36.4 Å². The molecule has 0 amide bonds. The molecule has 1 aromatic rings. The fourth-order valence-electron chi connectivity index (χ4n) is 1.31. The van der Waals surface area contributed by atoms with Crippen molar-refractivity contribution in [3.05, 3.63) is 42.0 Å². The standard InChI is InChI=1S/C14H16O3/c1-11(15)6-4-5-7-12-8-9-13(16-2)14(10-12)17-3/h4-10H,1-3H3. The molecule has 0 fully saturated rings. The Bertz CT molecular complexity index is 445. The van der Waals surface area contributed by atoms with Crippen LogP contribution in [0, 0.1) is 0 Å². The summed E-state index contributed by atoms with van der Waals surface area (Å²) < 4.78 is 10.3. The number of benzene rings is 1. The number of ether oxygens (including phenoxy) is 2. The van der Waals surface area contributed by atoms with E-state index in [2.05, 4.69) is 0 Å². The molecule has 0 radical (unpaired) electrons. The minimum absolute atomic E-state index is 0.0296. The van der Waals surface area contributed by atoms with Crippen LogP contribution in [0.5, 0.6) is 11.5 Å². The van der Waals surface area contributed by atoms with Gasteiger partial charge in [0.1, 0.15) is 0 Å². The lowest BCUT2D eigenvalue weighted by Crippen LogP contribution is -1.90. The average Bonchev–Trinajstić information content (AvgIpc) is 2.34. The van der Waals surface area contributed by atoms with Crippen LogP contribution in [-0.2, 0) is 4.79 Å². The van der Waals surface area contributed by atoms with Gasteiger partial charge in [-0.1, -0.05) is 24.3 Å². The van der Waals surface area contributed by atoms with Crippen LogP contribution >= 0.6 is 0 Å². The minimum Gasteiger partial charge on any atom is -0.493 e. The Morgan fingerprint density at radius 3 is 2.41 bits per heavy atom. The number of hydrogen-bond donors (Lipinski definition) is 0. The smallest absolute Gasteiger partial charge is 0.161 e. The van der Waals surface area contributed by atoms with Crippen LogP contribution in [0.2, 0.25) is 0 Å². The number of carbonyl (C=O) groups excluding carboxylic acids is 1. The van der Waals surface area contributed by atoms with Crippen LogP contribution in [0.1, 0.15) is 12.5 Å². The molecule has 0 aliphatic rings. The van der Waals surface area contributed by atoms with E-state index in [1.54, 1.807) is 20.3 Å². The van der Waals surface area contributed by atoms with Gasteiger partial charge in [-0.15, -0.1) is 0 Å². The van der Waals surface area contributed by atoms with E-state index in [1.807, 2.05) is 30.4 Å². The van der Waals surface area contributed by atoms with E-state index >= 15 is 0 Å². The molecule has 0 N–H and O–H groups in total. The first-order valence-electron chi connectivity index (χ1n) is 5.24. The molecule has 0 atom stereocenters. The maximum Gasteiger partial charge on any atom is 0.161 e. The zero-order valence-electron chi connectivity index (χ0n) is 10.3. The molecule has 0 unspecified atom stereocenters. The Labute approximate surface area is 101 Å². The van der Waals surface area contributed by atoms with Crippen LogP contribution in [0.3, 0.4) is 0 Å². The topological polar surface area (TPSA) is 35.5 Å². The van der Waals surface area contributed by atoms with Crippen LogP contribution in [-0.4, -0.2) is 20.0 Å². The van der Waals surface area contributed by atoms with Gasteiger partial charge < -0.3 is 9.47 Å². The normalized spacial score (nSPS) is 11.0. The molecule has 1 aromatic carbocycles. The predicted molar refractivity (Wildman–Crippen MR) is 68.4 cm³/mol. The van der Waals surface area contributed by atoms with Crippen molar-refractivity contribution in [2.75, 3.05) is 14.2 Å². The van der Waals surface area contributed by atoms with E-state index in [0.29, 0.717) is 11.5 Å². The van der Waals surface area contributed by atoms with Gasteiger partial charge in [-0.05, 0) is 30.7 Å². The third-order valence-electron chi connectivity index (χ3n) is 2.14. The third kappa shape index (κ3) is 4.15. The van der Waals surface area contributed by atoms with Crippen LogP contribution in [0.4, 0.5) is 0 Å². The molecule has 3 heteroatoms. The maximum atomic E-state index is 10.7. The summed E-state index contributed by atoms with van der Waals surface area (Å²) in [7, 11) is 3.20. The van der Waals surface area contributed by atoms with Crippen molar-refractivity contribution in [3.63, 3.8) is 0 Å². The molecule has 0 saturated heterocycles. The number of rotatable bonds is 5. The van der Waals surface area contributed by atoms with Gasteiger partial charge in [0.25, 0.3) is 0 Å². The summed E-state index contributed by atoms with van der Waals surface area (Å²) in [6.07, 6.45) is 6.92. The van der Waals surface area contributed by atoms with Crippen molar-refractivity contribution in [1.29, 1.82) is 0 Å². The lowest BCUT2D eigenvalue weighted by atomic mass is 10.2. The van der Waals surface area contributed by atoms with Gasteiger partial charge in [0.05, 0.1) is 14.2 Å². The summed E-state index contributed by atoms with van der Waals surface area (Å²) in [6.45, 7) is 1.51. The van der Waals surface area contributed by atoms with Gasteiger partial charge >= 0.3 is 0 Å². The Morgan fingerprint density at radius 1 is 1.12 bits per heavy atom. The zero-order chi connectivity index (χ0) is 12.7. The van der Waals surface area contributed by atoms with E-state index in [-0.39, 0.29) is 5.78 Å². The molecule has 0 bridgehead atoms. The first-order chi connectivity index (χ1) is 8.17. The summed E-state index contributed by atoms with van der Waals surface area (Å²) in [5.41, 5.74) is 0.982. The Kier molecular flexibility index (Phi) is 5.01. The Morgan fingerprint density at radius 2 is 1.82 bits per heavy atom. The Hall–Kier alpha value is -2.03. The molecular formula is C14H16O3. The number of carbonyl (C=O) groups is 1. The van der Waals surface area contributed by atoms with Gasteiger partial charge in [0.15, 0.2) is 17.3 Å². The van der Waals surface area contributed by atoms with Crippen molar-refractivity contribution in [2.45, 2.75) is 6.92 Å². The highest BCUT2D eigenvalue weighted by molar-refractivity contribution is 5.87. The molecule has 90 valence electrons. The second kappa shape index (κ2) is 6.53. The van der Waals surface area contributed by atoms with E-state index in [4.69, 9.17) is 9.47 Å². The first-order valence-corrected chi connectivity index (χ1v) is 5.24. The van der Waals surface area contributed by atoms with Crippen LogP contribution < -0.4 is 9.47 Å². The van der Waals surface area contributed by atoms with Gasteiger partial charge in [0, 0.05) is 0 Å². The fraction of sp³-hybridized carbons (Fsp3) is 0.214. The first kappa shape index (κ1) is 13.0. The SMILES string of the molecule is COc1ccc(C=CC=CC(C)=O)cc1OC. The van der Waals surface area contributed by atoms with Crippen molar-refractivity contribution in [2.24, 2.45) is 0 Å². The molecule has 0 aliphatic carbocycles. The van der Waals surface area contributed by atoms with E-state index in [1.165, 1.54) is 13.0 Å². The van der Waals surface area contributed by atoms with Gasteiger partial charge in [-0.2, -0.15) is 0 Å². The summed E-state index contributed by atoms with van der Waals surface area (Å²) in [5, 5.41) is 0. The molecule has 0 saturated carbocycles. The average molecular weight is 232 g/mol. The molecule has 0 aromatic heterocycles. The number of methoxy groups -OCH3 is 2. The minimum atomic E-state index is 0.0296. The maximum absolute atomic E-state index is 10.7. The predicted octanol–water partition coefficient (Wildman–Crippen LogP) is 2.86. The van der Waals surface area contributed by atoms with Crippen molar-refractivity contribution < 1.29 is 14.3 Å². The Balaban J connectivity index is 2.82.